The predicted octanol–water partition coefficient (Wildman–Crippen LogP) is 4.00. The van der Waals surface area contributed by atoms with Gasteiger partial charge in [-0.2, -0.15) is 0 Å². The second-order valence-electron chi connectivity index (χ2n) is 7.05. The van der Waals surface area contributed by atoms with Gasteiger partial charge in [0.05, 0.1) is 12.9 Å². The summed E-state index contributed by atoms with van der Waals surface area (Å²) in [5, 5.41) is 0. The van der Waals surface area contributed by atoms with E-state index < -0.39 is 20.6 Å². The van der Waals surface area contributed by atoms with Crippen LogP contribution in [0.25, 0.3) is 0 Å². The summed E-state index contributed by atoms with van der Waals surface area (Å²) >= 11 is 0. The van der Waals surface area contributed by atoms with Crippen molar-refractivity contribution in [1.82, 2.24) is 0 Å². The first-order chi connectivity index (χ1) is 10.3. The highest BCUT2D eigenvalue weighted by molar-refractivity contribution is 6.77. The molecule has 0 amide bonds. The van der Waals surface area contributed by atoms with E-state index in [0.717, 1.165) is 0 Å². The average molecular weight is 328 g/mol. The minimum Gasteiger partial charge on any atom is -0.492 e. The average Bonchev–Trinajstić information content (AvgIpc) is 2.79. The number of carbonyl (C=O) groups excluding carboxylic acids is 1. The minimum atomic E-state index is -1.96. The van der Waals surface area contributed by atoms with Crippen LogP contribution in [0.2, 0.25) is 16.6 Å². The number of hydrogen-bond donors (Lipinski definition) is 0. The summed E-state index contributed by atoms with van der Waals surface area (Å²) in [6, 6.07) is 0. The van der Waals surface area contributed by atoms with Crippen molar-refractivity contribution in [2.75, 3.05) is 6.61 Å². The van der Waals surface area contributed by atoms with Crippen LogP contribution in [-0.4, -0.2) is 39.4 Å². The lowest BCUT2D eigenvalue weighted by atomic mass is 10.1. The molecule has 0 N–H and O–H groups in total. The van der Waals surface area contributed by atoms with Crippen LogP contribution < -0.4 is 0 Å². The van der Waals surface area contributed by atoms with E-state index in [4.69, 9.17) is 18.6 Å². The van der Waals surface area contributed by atoms with E-state index in [1.54, 1.807) is 12.3 Å². The molecule has 0 aromatic carbocycles. The zero-order chi connectivity index (χ0) is 16.5. The Hall–Kier alpha value is -1.01. The van der Waals surface area contributed by atoms with Gasteiger partial charge in [-0.3, -0.25) is 0 Å². The van der Waals surface area contributed by atoms with E-state index in [2.05, 4.69) is 41.5 Å². The van der Waals surface area contributed by atoms with Gasteiger partial charge in [-0.1, -0.05) is 41.5 Å². The second kappa shape index (κ2) is 6.62. The quantitative estimate of drug-likeness (QED) is 0.545. The van der Waals surface area contributed by atoms with E-state index >= 15 is 0 Å². The maximum absolute atomic E-state index is 11.3. The minimum absolute atomic E-state index is 0.301. The Morgan fingerprint density at radius 2 is 1.68 bits per heavy atom. The van der Waals surface area contributed by atoms with E-state index in [9.17, 15) is 4.79 Å². The molecule has 1 saturated heterocycles. The van der Waals surface area contributed by atoms with Gasteiger partial charge >= 0.3 is 6.16 Å². The molecule has 2 aliphatic heterocycles. The van der Waals surface area contributed by atoms with Gasteiger partial charge in [-0.15, -0.1) is 0 Å². The zero-order valence-electron chi connectivity index (χ0n) is 14.4. The molecule has 0 spiro atoms. The Morgan fingerprint density at radius 3 is 2.23 bits per heavy atom. The molecule has 22 heavy (non-hydrogen) atoms. The van der Waals surface area contributed by atoms with Gasteiger partial charge in [0.15, 0.2) is 18.3 Å². The smallest absolute Gasteiger partial charge is 0.492 e. The van der Waals surface area contributed by atoms with Crippen molar-refractivity contribution in [3.8, 4) is 0 Å². The van der Waals surface area contributed by atoms with E-state index in [0.29, 0.717) is 23.2 Å². The Bertz CT molecular complexity index is 410. The monoisotopic (exact) mass is 328 g/mol. The van der Waals surface area contributed by atoms with Crippen molar-refractivity contribution < 1.29 is 23.4 Å². The lowest BCUT2D eigenvalue weighted by molar-refractivity contribution is -0.0288. The van der Waals surface area contributed by atoms with Crippen LogP contribution in [0.3, 0.4) is 0 Å². The summed E-state index contributed by atoms with van der Waals surface area (Å²) in [7, 11) is -1.96. The summed E-state index contributed by atoms with van der Waals surface area (Å²) in [5.41, 5.74) is 1.51. The van der Waals surface area contributed by atoms with Crippen LogP contribution in [0, 0.1) is 0 Å². The molecule has 0 aliphatic carbocycles. The molecule has 2 aliphatic rings. The van der Waals surface area contributed by atoms with Gasteiger partial charge in [0.25, 0.3) is 0 Å². The molecule has 3 atom stereocenters. The highest BCUT2D eigenvalue weighted by Crippen LogP contribution is 2.42. The van der Waals surface area contributed by atoms with Crippen LogP contribution in [0.5, 0.6) is 0 Å². The molecule has 2 rings (SSSR count). The predicted molar refractivity (Wildman–Crippen MR) is 86.2 cm³/mol. The largest absolute Gasteiger partial charge is 0.509 e. The standard InChI is InChI=1S/C16H28O5Si/c1-10(2)22(11(3)4,12(5)6)19-9-14-15-13(7-8-18-14)20-16(17)21-15/h7-8,10-15H,9H2,1-6H3/t13-,14?,15+/m0/s1. The van der Waals surface area contributed by atoms with Crippen molar-refractivity contribution in [3.63, 3.8) is 0 Å². The fraction of sp³-hybridized carbons (Fsp3) is 0.812. The molecule has 2 heterocycles. The molecular weight excluding hydrogens is 300 g/mol. The topological polar surface area (TPSA) is 54.0 Å². The van der Waals surface area contributed by atoms with Crippen molar-refractivity contribution in [2.24, 2.45) is 0 Å². The number of carbonyl (C=O) groups is 1. The Labute approximate surface area is 134 Å². The molecule has 0 radical (unpaired) electrons. The number of hydrogen-bond acceptors (Lipinski definition) is 5. The molecule has 126 valence electrons. The highest BCUT2D eigenvalue weighted by atomic mass is 28.4. The number of rotatable bonds is 6. The molecule has 0 saturated carbocycles. The van der Waals surface area contributed by atoms with Gasteiger partial charge in [0.2, 0.25) is 8.32 Å². The van der Waals surface area contributed by atoms with Crippen molar-refractivity contribution in [2.45, 2.75) is 76.5 Å². The molecule has 0 bridgehead atoms. The van der Waals surface area contributed by atoms with Gasteiger partial charge in [-0.25, -0.2) is 4.79 Å². The van der Waals surface area contributed by atoms with Crippen molar-refractivity contribution >= 4 is 14.5 Å². The third kappa shape index (κ3) is 3.04. The molecule has 1 fully saturated rings. The molecule has 0 aromatic heterocycles. The van der Waals surface area contributed by atoms with Crippen LogP contribution in [0.1, 0.15) is 41.5 Å². The van der Waals surface area contributed by atoms with E-state index in [1.165, 1.54) is 0 Å². The first-order valence-corrected chi connectivity index (χ1v) is 10.3. The highest BCUT2D eigenvalue weighted by Gasteiger charge is 2.48. The Morgan fingerprint density at radius 1 is 1.09 bits per heavy atom. The van der Waals surface area contributed by atoms with Crippen molar-refractivity contribution in [3.05, 3.63) is 12.3 Å². The Kier molecular flexibility index (Phi) is 5.22. The first kappa shape index (κ1) is 17.3. The second-order valence-corrected chi connectivity index (χ2v) is 12.5. The maximum Gasteiger partial charge on any atom is 0.509 e. The van der Waals surface area contributed by atoms with Gasteiger partial charge in [0, 0.05) is 0 Å². The van der Waals surface area contributed by atoms with Crippen LogP contribution in [0.15, 0.2) is 12.3 Å². The lowest BCUT2D eigenvalue weighted by Gasteiger charge is -2.43. The normalized spacial score (nSPS) is 27.9. The summed E-state index contributed by atoms with van der Waals surface area (Å²) in [5.74, 6) is 0. The van der Waals surface area contributed by atoms with E-state index in [-0.39, 0.29) is 12.2 Å². The summed E-state index contributed by atoms with van der Waals surface area (Å²) < 4.78 is 22.5. The van der Waals surface area contributed by atoms with Crippen LogP contribution in [-0.2, 0) is 18.6 Å². The van der Waals surface area contributed by atoms with Gasteiger partial charge in [-0.05, 0) is 22.7 Å². The fourth-order valence-electron chi connectivity index (χ4n) is 3.98. The number of ether oxygens (including phenoxy) is 3. The van der Waals surface area contributed by atoms with Gasteiger partial charge in [0.1, 0.15) is 0 Å². The van der Waals surface area contributed by atoms with Crippen molar-refractivity contribution in [1.29, 1.82) is 0 Å². The SMILES string of the molecule is CC(C)[Si](OCC1OC=C[C@@H]2OC(=O)O[C@@H]12)(C(C)C)C(C)C. The molecule has 5 nitrogen and oxygen atoms in total. The fourth-order valence-corrected chi connectivity index (χ4v) is 9.44. The zero-order valence-corrected chi connectivity index (χ0v) is 15.4. The van der Waals surface area contributed by atoms with Crippen LogP contribution in [0.4, 0.5) is 4.79 Å². The van der Waals surface area contributed by atoms with Gasteiger partial charge < -0.3 is 18.6 Å². The molecule has 6 heteroatoms. The lowest BCUT2D eigenvalue weighted by Crippen LogP contribution is -2.51. The Balaban J connectivity index is 2.09. The molecule has 1 unspecified atom stereocenters. The third-order valence-electron chi connectivity index (χ3n) is 4.88. The molecular formula is C16H28O5Si. The summed E-state index contributed by atoms with van der Waals surface area (Å²) in [4.78, 5) is 11.3. The summed E-state index contributed by atoms with van der Waals surface area (Å²) in [6.07, 6.45) is 1.60. The van der Waals surface area contributed by atoms with Crippen LogP contribution >= 0.6 is 0 Å². The molecule has 0 aromatic rings. The first-order valence-electron chi connectivity index (χ1n) is 8.12. The maximum atomic E-state index is 11.3. The third-order valence-corrected chi connectivity index (χ3v) is 11.0. The number of fused-ring (bicyclic) bond motifs is 1. The summed E-state index contributed by atoms with van der Waals surface area (Å²) in [6.45, 7) is 13.9. The van der Waals surface area contributed by atoms with E-state index in [1.807, 2.05) is 0 Å².